The smallest absolute Gasteiger partial charge is 0.334 e. The lowest BCUT2D eigenvalue weighted by Gasteiger charge is -2.24. The summed E-state index contributed by atoms with van der Waals surface area (Å²) in [5.74, 6) is 0.0226. The largest absolute Gasteiger partial charge is 0.425 e. The number of carbonyl (C=O) groups is 2. The molecule has 3 rings (SSSR count). The molecule has 142 valence electrons. The summed E-state index contributed by atoms with van der Waals surface area (Å²) in [7, 11) is 0. The average Bonchev–Trinajstić information content (AvgIpc) is 3.12. The number of nitrogens with zero attached hydrogens (tertiary/aromatic N) is 2. The lowest BCUT2D eigenvalue weighted by atomic mass is 9.86. The van der Waals surface area contributed by atoms with Crippen LogP contribution < -0.4 is 4.74 Å². The molecule has 0 N–H and O–H groups in total. The number of amides is 1. The number of esters is 1. The van der Waals surface area contributed by atoms with Gasteiger partial charge in [0.25, 0.3) is 5.91 Å². The second-order valence-electron chi connectivity index (χ2n) is 8.04. The molecule has 1 unspecified atom stereocenters. The third-order valence-corrected chi connectivity index (χ3v) is 4.96. The first kappa shape index (κ1) is 19.1. The van der Waals surface area contributed by atoms with Crippen molar-refractivity contribution in [1.82, 2.24) is 9.88 Å². The van der Waals surface area contributed by atoms with Crippen molar-refractivity contribution in [3.8, 4) is 5.75 Å². The van der Waals surface area contributed by atoms with E-state index in [9.17, 15) is 9.59 Å². The van der Waals surface area contributed by atoms with Gasteiger partial charge in [0.15, 0.2) is 0 Å². The molecule has 27 heavy (non-hydrogen) atoms. The van der Waals surface area contributed by atoms with Crippen LogP contribution in [0.5, 0.6) is 5.75 Å². The number of likely N-dealkylation sites (tertiary alicyclic amines) is 1. The van der Waals surface area contributed by atoms with Gasteiger partial charge < -0.3 is 9.64 Å². The summed E-state index contributed by atoms with van der Waals surface area (Å²) < 4.78 is 5.67. The van der Waals surface area contributed by atoms with Crippen molar-refractivity contribution < 1.29 is 14.3 Å². The molecule has 1 aromatic heterocycles. The van der Waals surface area contributed by atoms with Gasteiger partial charge in [-0.15, -0.1) is 0 Å². The molecule has 1 aromatic carbocycles. The van der Waals surface area contributed by atoms with Gasteiger partial charge >= 0.3 is 5.97 Å². The molecule has 1 atom stereocenters. The highest BCUT2D eigenvalue weighted by atomic mass is 16.5. The van der Waals surface area contributed by atoms with Crippen molar-refractivity contribution >= 4 is 11.9 Å². The number of benzene rings is 1. The van der Waals surface area contributed by atoms with Crippen LogP contribution in [-0.2, 0) is 10.2 Å². The summed E-state index contributed by atoms with van der Waals surface area (Å²) in [5, 5.41) is 0. The third-order valence-electron chi connectivity index (χ3n) is 4.96. The monoisotopic (exact) mass is 366 g/mol. The fourth-order valence-electron chi connectivity index (χ4n) is 3.32. The minimum atomic E-state index is -0.549. The second kappa shape index (κ2) is 7.51. The van der Waals surface area contributed by atoms with Crippen LogP contribution in [0.2, 0.25) is 0 Å². The van der Waals surface area contributed by atoms with Crippen molar-refractivity contribution in [2.45, 2.75) is 52.0 Å². The molecule has 0 bridgehead atoms. The third kappa shape index (κ3) is 4.18. The maximum Gasteiger partial charge on any atom is 0.334 e. The number of pyridine rings is 1. The molecule has 5 heteroatoms. The molecule has 1 aliphatic heterocycles. The quantitative estimate of drug-likeness (QED) is 0.611. The predicted molar refractivity (Wildman–Crippen MR) is 104 cm³/mol. The van der Waals surface area contributed by atoms with Crippen LogP contribution in [0.3, 0.4) is 0 Å². The highest BCUT2D eigenvalue weighted by molar-refractivity contribution is 5.97. The topological polar surface area (TPSA) is 59.5 Å². The normalized spacial score (nSPS) is 17.0. The van der Waals surface area contributed by atoms with E-state index in [2.05, 4.69) is 31.8 Å². The zero-order chi connectivity index (χ0) is 19.6. The van der Waals surface area contributed by atoms with E-state index >= 15 is 0 Å². The molecule has 0 radical (unpaired) electrons. The lowest BCUT2D eigenvalue weighted by molar-refractivity contribution is -0.138. The Balaban J connectivity index is 1.75. The fourth-order valence-corrected chi connectivity index (χ4v) is 3.32. The molecule has 1 fully saturated rings. The van der Waals surface area contributed by atoms with Gasteiger partial charge in [-0.1, -0.05) is 32.9 Å². The van der Waals surface area contributed by atoms with Gasteiger partial charge in [-0.05, 0) is 54.5 Å². The van der Waals surface area contributed by atoms with Crippen LogP contribution in [0.15, 0.2) is 42.7 Å². The summed E-state index contributed by atoms with van der Waals surface area (Å²) in [6, 6.07) is 8.67. The first-order chi connectivity index (χ1) is 12.8. The van der Waals surface area contributed by atoms with Gasteiger partial charge in [0.2, 0.25) is 0 Å². The average molecular weight is 366 g/mol. The predicted octanol–water partition coefficient (Wildman–Crippen LogP) is 3.90. The van der Waals surface area contributed by atoms with Gasteiger partial charge in [0.1, 0.15) is 11.8 Å². The van der Waals surface area contributed by atoms with E-state index in [0.29, 0.717) is 24.3 Å². The summed E-state index contributed by atoms with van der Waals surface area (Å²) in [6.07, 6.45) is 4.57. The van der Waals surface area contributed by atoms with E-state index in [0.717, 1.165) is 12.0 Å². The summed E-state index contributed by atoms with van der Waals surface area (Å²) in [4.78, 5) is 31.0. The van der Waals surface area contributed by atoms with Crippen molar-refractivity contribution in [2.75, 3.05) is 6.54 Å². The number of rotatable bonds is 3. The van der Waals surface area contributed by atoms with E-state index in [1.165, 1.54) is 5.56 Å². The van der Waals surface area contributed by atoms with Crippen LogP contribution in [0.25, 0.3) is 0 Å². The Morgan fingerprint density at radius 1 is 1.15 bits per heavy atom. The highest BCUT2D eigenvalue weighted by Gasteiger charge is 2.36. The minimum absolute atomic E-state index is 0.0342. The number of aryl methyl sites for hydroxylation is 1. The van der Waals surface area contributed by atoms with E-state index in [4.69, 9.17) is 4.74 Å². The van der Waals surface area contributed by atoms with Gasteiger partial charge in [-0.2, -0.15) is 0 Å². The van der Waals surface area contributed by atoms with E-state index in [-0.39, 0.29) is 17.3 Å². The summed E-state index contributed by atoms with van der Waals surface area (Å²) in [5.41, 5.74) is 2.68. The first-order valence-electron chi connectivity index (χ1n) is 9.31. The Morgan fingerprint density at radius 2 is 1.85 bits per heavy atom. The molecule has 2 aromatic rings. The number of ether oxygens (including phenoxy) is 1. The van der Waals surface area contributed by atoms with Crippen LogP contribution >= 0.6 is 0 Å². The van der Waals surface area contributed by atoms with Crippen LogP contribution in [0.1, 0.15) is 55.1 Å². The Hall–Kier alpha value is -2.69. The molecule has 1 aliphatic rings. The summed E-state index contributed by atoms with van der Waals surface area (Å²) in [6.45, 7) is 8.94. The van der Waals surface area contributed by atoms with Crippen LogP contribution in [0.4, 0.5) is 0 Å². The number of carbonyl (C=O) groups excluding carboxylic acids is 2. The molecule has 1 saturated heterocycles. The lowest BCUT2D eigenvalue weighted by Crippen LogP contribution is -2.42. The molecule has 1 amide bonds. The first-order valence-corrected chi connectivity index (χ1v) is 9.31. The highest BCUT2D eigenvalue weighted by Crippen LogP contribution is 2.29. The van der Waals surface area contributed by atoms with Crippen molar-refractivity contribution in [3.63, 3.8) is 0 Å². The zero-order valence-electron chi connectivity index (χ0n) is 16.4. The maximum absolute atomic E-state index is 12.8. The van der Waals surface area contributed by atoms with Gasteiger partial charge in [-0.25, -0.2) is 4.79 Å². The van der Waals surface area contributed by atoms with Gasteiger partial charge in [0, 0.05) is 24.5 Å². The second-order valence-corrected chi connectivity index (χ2v) is 8.04. The standard InChI is InChI=1S/C22H26N2O3/c1-15-14-17(22(2,3)4)7-8-19(15)27-21(26)18-6-5-13-24(18)20(25)16-9-11-23-12-10-16/h7-12,14,18H,5-6,13H2,1-4H3. The zero-order valence-corrected chi connectivity index (χ0v) is 16.4. The van der Waals surface area contributed by atoms with Crippen LogP contribution in [-0.4, -0.2) is 34.3 Å². The van der Waals surface area contributed by atoms with Gasteiger partial charge in [-0.3, -0.25) is 9.78 Å². The fraction of sp³-hybridized carbons (Fsp3) is 0.409. The van der Waals surface area contributed by atoms with Crippen molar-refractivity contribution in [2.24, 2.45) is 0 Å². The van der Waals surface area contributed by atoms with E-state index in [1.54, 1.807) is 29.4 Å². The van der Waals surface area contributed by atoms with E-state index < -0.39 is 6.04 Å². The van der Waals surface area contributed by atoms with Crippen LogP contribution in [0, 0.1) is 6.92 Å². The minimum Gasteiger partial charge on any atom is -0.425 e. The Kier molecular flexibility index (Phi) is 5.31. The van der Waals surface area contributed by atoms with Gasteiger partial charge in [0.05, 0.1) is 0 Å². The molecule has 5 nitrogen and oxygen atoms in total. The number of hydrogen-bond donors (Lipinski definition) is 0. The van der Waals surface area contributed by atoms with E-state index in [1.807, 2.05) is 19.1 Å². The Labute approximate surface area is 160 Å². The number of hydrogen-bond acceptors (Lipinski definition) is 4. The SMILES string of the molecule is Cc1cc(C(C)(C)C)ccc1OC(=O)C1CCCN1C(=O)c1ccncc1. The molecule has 0 spiro atoms. The molecule has 2 heterocycles. The molecular formula is C22H26N2O3. The number of aromatic nitrogens is 1. The van der Waals surface area contributed by atoms with Crippen molar-refractivity contribution in [1.29, 1.82) is 0 Å². The molecular weight excluding hydrogens is 340 g/mol. The molecule has 0 saturated carbocycles. The van der Waals surface area contributed by atoms with Crippen molar-refractivity contribution in [3.05, 3.63) is 59.4 Å². The molecule has 0 aliphatic carbocycles. The summed E-state index contributed by atoms with van der Waals surface area (Å²) >= 11 is 0. The maximum atomic E-state index is 12.8. The Bertz CT molecular complexity index is 840. The Morgan fingerprint density at radius 3 is 2.48 bits per heavy atom.